The number of piperazine rings is 1. The van der Waals surface area contributed by atoms with Gasteiger partial charge in [0.15, 0.2) is 0 Å². The summed E-state index contributed by atoms with van der Waals surface area (Å²) in [5.74, 6) is -1.25. The molecular weight excluding hydrogens is 262 g/mol. The van der Waals surface area contributed by atoms with Gasteiger partial charge in [0.1, 0.15) is 0 Å². The van der Waals surface area contributed by atoms with Crippen LogP contribution in [0.4, 0.5) is 4.79 Å². The molecule has 0 aromatic heterocycles. The first-order chi connectivity index (χ1) is 9.49. The van der Waals surface area contributed by atoms with Gasteiger partial charge in [-0.2, -0.15) is 0 Å². The molecule has 0 unspecified atom stereocenters. The molecule has 0 aliphatic carbocycles. The number of aliphatic carboxylic acids is 1. The Morgan fingerprint density at radius 3 is 2.10 bits per heavy atom. The Morgan fingerprint density at radius 2 is 1.55 bits per heavy atom. The lowest BCUT2D eigenvalue weighted by molar-refractivity contribution is -0.143. The van der Waals surface area contributed by atoms with Crippen molar-refractivity contribution in [2.24, 2.45) is 5.92 Å². The summed E-state index contributed by atoms with van der Waals surface area (Å²) < 4.78 is 0. The van der Waals surface area contributed by atoms with Crippen molar-refractivity contribution >= 4 is 17.9 Å². The number of carbonyl (C=O) groups is 3. The lowest BCUT2D eigenvalue weighted by Gasteiger charge is -2.39. The molecule has 0 saturated carbocycles. The minimum absolute atomic E-state index is 0.0287. The van der Waals surface area contributed by atoms with E-state index in [-0.39, 0.29) is 11.9 Å². The number of carboxylic acid groups (broad SMARTS) is 1. The number of nitrogens with zero attached hydrogens (tertiary/aromatic N) is 3. The normalized spacial score (nSPS) is 23.6. The molecule has 7 heteroatoms. The molecule has 7 nitrogen and oxygen atoms in total. The molecule has 2 saturated heterocycles. The predicted molar refractivity (Wildman–Crippen MR) is 71.2 cm³/mol. The summed E-state index contributed by atoms with van der Waals surface area (Å²) in [5, 5.41) is 9.05. The maximum atomic E-state index is 12.4. The zero-order valence-corrected chi connectivity index (χ0v) is 11.7. The highest BCUT2D eigenvalue weighted by atomic mass is 16.4. The molecule has 3 amide bonds. The van der Waals surface area contributed by atoms with E-state index >= 15 is 0 Å². The summed E-state index contributed by atoms with van der Waals surface area (Å²) in [4.78, 5) is 39.7. The summed E-state index contributed by atoms with van der Waals surface area (Å²) in [7, 11) is 0. The van der Waals surface area contributed by atoms with Gasteiger partial charge in [0.2, 0.25) is 5.91 Å². The second-order valence-corrected chi connectivity index (χ2v) is 5.40. The van der Waals surface area contributed by atoms with Crippen LogP contribution in [0.3, 0.4) is 0 Å². The van der Waals surface area contributed by atoms with Gasteiger partial charge in [-0.15, -0.1) is 0 Å². The van der Waals surface area contributed by atoms with Gasteiger partial charge in [-0.3, -0.25) is 9.59 Å². The monoisotopic (exact) mass is 283 g/mol. The van der Waals surface area contributed by atoms with Crippen LogP contribution in [0, 0.1) is 5.92 Å². The fraction of sp³-hybridized carbons (Fsp3) is 0.769. The fourth-order valence-electron chi connectivity index (χ4n) is 2.77. The maximum Gasteiger partial charge on any atom is 0.320 e. The Balaban J connectivity index is 1.88. The van der Waals surface area contributed by atoms with Gasteiger partial charge in [0, 0.05) is 46.2 Å². The van der Waals surface area contributed by atoms with E-state index in [2.05, 4.69) is 0 Å². The minimum atomic E-state index is -0.830. The topological polar surface area (TPSA) is 81.2 Å². The number of urea groups is 1. The highest BCUT2D eigenvalue weighted by Gasteiger charge is 2.31. The van der Waals surface area contributed by atoms with Gasteiger partial charge in [-0.1, -0.05) is 0 Å². The van der Waals surface area contributed by atoms with Crippen LogP contribution in [0.2, 0.25) is 0 Å². The van der Waals surface area contributed by atoms with Crippen LogP contribution in [0.15, 0.2) is 0 Å². The molecule has 2 aliphatic heterocycles. The van der Waals surface area contributed by atoms with Crippen LogP contribution in [-0.4, -0.2) is 77.0 Å². The SMILES string of the molecule is CC(=O)N1CCN(C(=O)N2CCC[C@H](C(=O)O)C2)CC1. The third-order valence-corrected chi connectivity index (χ3v) is 4.04. The Hall–Kier alpha value is -1.79. The van der Waals surface area contributed by atoms with Crippen molar-refractivity contribution in [2.75, 3.05) is 39.3 Å². The zero-order chi connectivity index (χ0) is 14.7. The van der Waals surface area contributed by atoms with E-state index in [9.17, 15) is 14.4 Å². The van der Waals surface area contributed by atoms with Crippen molar-refractivity contribution < 1.29 is 19.5 Å². The number of piperidine rings is 1. The number of carbonyl (C=O) groups excluding carboxylic acids is 2. The Labute approximate surface area is 118 Å². The first-order valence-corrected chi connectivity index (χ1v) is 7.01. The van der Waals surface area contributed by atoms with Crippen molar-refractivity contribution in [1.82, 2.24) is 14.7 Å². The molecule has 0 spiro atoms. The van der Waals surface area contributed by atoms with E-state index in [0.717, 1.165) is 6.42 Å². The molecule has 1 atom stereocenters. The quantitative estimate of drug-likeness (QED) is 0.738. The van der Waals surface area contributed by atoms with E-state index in [4.69, 9.17) is 5.11 Å². The van der Waals surface area contributed by atoms with Crippen molar-refractivity contribution in [3.63, 3.8) is 0 Å². The molecule has 2 fully saturated rings. The summed E-state index contributed by atoms with van der Waals surface area (Å²) in [6.45, 7) is 4.59. The van der Waals surface area contributed by atoms with Crippen LogP contribution >= 0.6 is 0 Å². The largest absolute Gasteiger partial charge is 0.481 e. The zero-order valence-electron chi connectivity index (χ0n) is 11.7. The fourth-order valence-corrected chi connectivity index (χ4v) is 2.77. The number of carboxylic acids is 1. The van der Waals surface area contributed by atoms with Crippen LogP contribution in [0.5, 0.6) is 0 Å². The molecule has 112 valence electrons. The first kappa shape index (κ1) is 14.6. The Bertz CT molecular complexity index is 404. The second-order valence-electron chi connectivity index (χ2n) is 5.40. The van der Waals surface area contributed by atoms with E-state index in [1.807, 2.05) is 0 Å². The Kier molecular flexibility index (Phi) is 4.46. The van der Waals surface area contributed by atoms with Crippen LogP contribution < -0.4 is 0 Å². The first-order valence-electron chi connectivity index (χ1n) is 7.01. The summed E-state index contributed by atoms with van der Waals surface area (Å²) >= 11 is 0. The number of likely N-dealkylation sites (tertiary alicyclic amines) is 1. The van der Waals surface area contributed by atoms with Crippen molar-refractivity contribution in [3.8, 4) is 0 Å². The standard InChI is InChI=1S/C13H21N3O4/c1-10(17)14-5-7-15(8-6-14)13(20)16-4-2-3-11(9-16)12(18)19/h11H,2-9H2,1H3,(H,18,19)/t11-/m0/s1. The number of hydrogen-bond donors (Lipinski definition) is 1. The third-order valence-electron chi connectivity index (χ3n) is 4.04. The molecule has 0 radical (unpaired) electrons. The van der Waals surface area contributed by atoms with Gasteiger partial charge in [-0.05, 0) is 12.8 Å². The molecule has 2 heterocycles. The van der Waals surface area contributed by atoms with Gasteiger partial charge in [0.05, 0.1) is 5.92 Å². The summed E-state index contributed by atoms with van der Waals surface area (Å²) in [5.41, 5.74) is 0. The van der Waals surface area contributed by atoms with Crippen LogP contribution in [0.1, 0.15) is 19.8 Å². The molecule has 1 N–H and O–H groups in total. The highest BCUT2D eigenvalue weighted by molar-refractivity contribution is 5.77. The van der Waals surface area contributed by atoms with E-state index in [0.29, 0.717) is 45.7 Å². The third kappa shape index (κ3) is 3.20. The van der Waals surface area contributed by atoms with Crippen LogP contribution in [-0.2, 0) is 9.59 Å². The van der Waals surface area contributed by atoms with E-state index in [1.165, 1.54) is 6.92 Å². The minimum Gasteiger partial charge on any atom is -0.481 e. The van der Waals surface area contributed by atoms with Gasteiger partial charge < -0.3 is 19.8 Å². The van der Waals surface area contributed by atoms with Gasteiger partial charge in [-0.25, -0.2) is 4.79 Å². The molecule has 0 bridgehead atoms. The molecule has 2 rings (SSSR count). The average Bonchev–Trinajstić information content (AvgIpc) is 2.46. The van der Waals surface area contributed by atoms with Gasteiger partial charge >= 0.3 is 12.0 Å². The average molecular weight is 283 g/mol. The number of hydrogen-bond acceptors (Lipinski definition) is 3. The lowest BCUT2D eigenvalue weighted by Crippen LogP contribution is -2.55. The van der Waals surface area contributed by atoms with Crippen molar-refractivity contribution in [1.29, 1.82) is 0 Å². The van der Waals surface area contributed by atoms with Crippen molar-refractivity contribution in [3.05, 3.63) is 0 Å². The maximum absolute atomic E-state index is 12.4. The van der Waals surface area contributed by atoms with E-state index < -0.39 is 11.9 Å². The Morgan fingerprint density at radius 1 is 0.950 bits per heavy atom. The smallest absolute Gasteiger partial charge is 0.320 e. The van der Waals surface area contributed by atoms with Crippen molar-refractivity contribution in [2.45, 2.75) is 19.8 Å². The number of amides is 3. The van der Waals surface area contributed by atoms with Crippen LogP contribution in [0.25, 0.3) is 0 Å². The molecule has 0 aromatic rings. The second kappa shape index (κ2) is 6.11. The predicted octanol–water partition coefficient (Wildman–Crippen LogP) is 0.0671. The lowest BCUT2D eigenvalue weighted by atomic mass is 9.98. The molecule has 0 aromatic carbocycles. The van der Waals surface area contributed by atoms with Gasteiger partial charge in [0.25, 0.3) is 0 Å². The van der Waals surface area contributed by atoms with E-state index in [1.54, 1.807) is 14.7 Å². The summed E-state index contributed by atoms with van der Waals surface area (Å²) in [6, 6.07) is -0.0980. The number of rotatable bonds is 1. The summed E-state index contributed by atoms with van der Waals surface area (Å²) in [6.07, 6.45) is 1.37. The molecular formula is C13H21N3O4. The highest BCUT2D eigenvalue weighted by Crippen LogP contribution is 2.18. The molecule has 20 heavy (non-hydrogen) atoms. The molecule has 2 aliphatic rings.